The molecule has 0 bridgehead atoms. The highest BCUT2D eigenvalue weighted by molar-refractivity contribution is 5.71. The summed E-state index contributed by atoms with van der Waals surface area (Å²) in [6.45, 7) is 6.41. The predicted octanol–water partition coefficient (Wildman–Crippen LogP) is 18.4. The van der Waals surface area contributed by atoms with Crippen molar-refractivity contribution in [2.24, 2.45) is 0 Å². The Labute approximate surface area is 407 Å². The van der Waals surface area contributed by atoms with Gasteiger partial charge in [-0.05, 0) is 89.9 Å². The number of unbranched alkanes of at least 4 members (excludes halogenated alkanes) is 24. The molecule has 0 spiro atoms. The van der Waals surface area contributed by atoms with E-state index in [0.717, 1.165) is 116 Å². The first-order valence-electron chi connectivity index (χ1n) is 27.6. The number of rotatable bonds is 49. The molecule has 6 heteroatoms. The molecular weight excluding hydrogens is 817 g/mol. The summed E-state index contributed by atoms with van der Waals surface area (Å²) in [5.41, 5.74) is 0. The molecule has 1 unspecified atom stereocenters. The maximum atomic E-state index is 12.7. The molecule has 0 N–H and O–H groups in total. The summed E-state index contributed by atoms with van der Waals surface area (Å²) in [7, 11) is 0. The van der Waals surface area contributed by atoms with E-state index in [1.54, 1.807) is 0 Å². The lowest BCUT2D eigenvalue weighted by Crippen LogP contribution is -2.30. The second kappa shape index (κ2) is 54.2. The molecule has 0 saturated carbocycles. The molecular formula is C60H102O6. The van der Waals surface area contributed by atoms with Crippen LogP contribution in [-0.2, 0) is 28.6 Å². The molecule has 0 fully saturated rings. The molecule has 0 aromatic rings. The third-order valence-corrected chi connectivity index (χ3v) is 11.6. The molecule has 0 aromatic carbocycles. The largest absolute Gasteiger partial charge is 0.462 e. The van der Waals surface area contributed by atoms with Crippen molar-refractivity contribution >= 4 is 17.9 Å². The summed E-state index contributed by atoms with van der Waals surface area (Å²) in [6.07, 6.45) is 70.4. The Bertz CT molecular complexity index is 1290. The second-order valence-electron chi connectivity index (χ2n) is 18.1. The highest BCUT2D eigenvalue weighted by Gasteiger charge is 2.19. The Kier molecular flexibility index (Phi) is 51.4. The summed E-state index contributed by atoms with van der Waals surface area (Å²) < 4.78 is 16.7. The Balaban J connectivity index is 4.03. The van der Waals surface area contributed by atoms with Crippen LogP contribution in [0.2, 0.25) is 0 Å². The van der Waals surface area contributed by atoms with Crippen molar-refractivity contribution < 1.29 is 28.6 Å². The summed E-state index contributed by atoms with van der Waals surface area (Å²) in [5, 5.41) is 0. The van der Waals surface area contributed by atoms with Gasteiger partial charge in [-0.1, -0.05) is 234 Å². The van der Waals surface area contributed by atoms with Gasteiger partial charge in [-0.2, -0.15) is 0 Å². The van der Waals surface area contributed by atoms with Crippen molar-refractivity contribution in [3.05, 3.63) is 85.1 Å². The van der Waals surface area contributed by atoms with E-state index in [2.05, 4.69) is 106 Å². The van der Waals surface area contributed by atoms with E-state index < -0.39 is 6.10 Å². The van der Waals surface area contributed by atoms with E-state index in [0.29, 0.717) is 19.3 Å². The molecule has 0 rings (SSSR count). The smallest absolute Gasteiger partial charge is 0.306 e. The molecule has 0 aromatic heterocycles. The van der Waals surface area contributed by atoms with Gasteiger partial charge in [0.1, 0.15) is 13.2 Å². The van der Waals surface area contributed by atoms with Gasteiger partial charge in [0.05, 0.1) is 0 Å². The summed E-state index contributed by atoms with van der Waals surface area (Å²) >= 11 is 0. The first-order chi connectivity index (χ1) is 32.5. The lowest BCUT2D eigenvalue weighted by atomic mass is 10.0. The van der Waals surface area contributed by atoms with Crippen LogP contribution in [0.4, 0.5) is 0 Å². The zero-order valence-corrected chi connectivity index (χ0v) is 43.2. The van der Waals surface area contributed by atoms with Crippen LogP contribution in [0.25, 0.3) is 0 Å². The normalized spacial score (nSPS) is 12.7. The van der Waals surface area contributed by atoms with Crippen LogP contribution < -0.4 is 0 Å². The summed E-state index contributed by atoms with van der Waals surface area (Å²) in [5.74, 6) is -0.898. The number of carbonyl (C=O) groups is 3. The number of ether oxygens (including phenoxy) is 3. The fourth-order valence-corrected chi connectivity index (χ4v) is 7.51. The lowest BCUT2D eigenvalue weighted by molar-refractivity contribution is -0.167. The molecule has 0 heterocycles. The van der Waals surface area contributed by atoms with Crippen LogP contribution in [-0.4, -0.2) is 37.2 Å². The van der Waals surface area contributed by atoms with Crippen molar-refractivity contribution in [2.75, 3.05) is 13.2 Å². The summed E-state index contributed by atoms with van der Waals surface area (Å²) in [4.78, 5) is 37.7. The average molecular weight is 919 g/mol. The molecule has 1 atom stereocenters. The lowest BCUT2D eigenvalue weighted by Gasteiger charge is -2.18. The highest BCUT2D eigenvalue weighted by Crippen LogP contribution is 2.15. The van der Waals surface area contributed by atoms with Crippen LogP contribution in [0.1, 0.15) is 258 Å². The molecule has 378 valence electrons. The number of esters is 3. The zero-order chi connectivity index (χ0) is 47.9. The van der Waals surface area contributed by atoms with Gasteiger partial charge < -0.3 is 14.2 Å². The average Bonchev–Trinajstić information content (AvgIpc) is 3.31. The van der Waals surface area contributed by atoms with E-state index >= 15 is 0 Å². The Morgan fingerprint density at radius 1 is 0.318 bits per heavy atom. The molecule has 66 heavy (non-hydrogen) atoms. The Morgan fingerprint density at radius 2 is 0.621 bits per heavy atom. The van der Waals surface area contributed by atoms with E-state index in [-0.39, 0.29) is 31.1 Å². The standard InChI is InChI=1S/C60H102O6/c1-4-7-10-13-16-18-20-21-22-23-24-25-26-27-28-29-30-31-32-33-34-35-36-37-38-39-40-42-44-47-50-53-59(62)65-56-57(55-64-58(61)52-49-46-43-15-12-9-6-3)66-60(63)54-51-48-45-41-19-17-14-11-8-5-2/h7,10-11,14,16,18,21-22,24-25,27-28,30-31,57H,4-6,8-9,12-13,15,17,19-20,23,26,29,32-56H2,1-3H3/b10-7-,14-11-,18-16-,22-21-,25-24-,28-27-,31-30-. The number of hydrogen-bond donors (Lipinski definition) is 0. The van der Waals surface area contributed by atoms with Gasteiger partial charge in [-0.3, -0.25) is 14.4 Å². The minimum atomic E-state index is -0.775. The first-order valence-corrected chi connectivity index (χ1v) is 27.6. The van der Waals surface area contributed by atoms with Gasteiger partial charge in [-0.25, -0.2) is 0 Å². The van der Waals surface area contributed by atoms with E-state index in [4.69, 9.17) is 14.2 Å². The second-order valence-corrected chi connectivity index (χ2v) is 18.1. The number of hydrogen-bond acceptors (Lipinski definition) is 6. The molecule has 0 amide bonds. The van der Waals surface area contributed by atoms with Crippen molar-refractivity contribution in [2.45, 2.75) is 264 Å². The van der Waals surface area contributed by atoms with Crippen molar-refractivity contribution in [3.8, 4) is 0 Å². The quantitative estimate of drug-likeness (QED) is 0.0262. The third-order valence-electron chi connectivity index (χ3n) is 11.6. The van der Waals surface area contributed by atoms with Gasteiger partial charge in [0.15, 0.2) is 6.10 Å². The molecule has 0 saturated heterocycles. The summed E-state index contributed by atoms with van der Waals surface area (Å²) in [6, 6.07) is 0. The minimum Gasteiger partial charge on any atom is -0.462 e. The Morgan fingerprint density at radius 3 is 1.00 bits per heavy atom. The van der Waals surface area contributed by atoms with Gasteiger partial charge in [0.2, 0.25) is 0 Å². The fourth-order valence-electron chi connectivity index (χ4n) is 7.51. The highest BCUT2D eigenvalue weighted by atomic mass is 16.6. The molecule has 0 radical (unpaired) electrons. The first kappa shape index (κ1) is 62.6. The van der Waals surface area contributed by atoms with Gasteiger partial charge in [-0.15, -0.1) is 0 Å². The van der Waals surface area contributed by atoms with Crippen molar-refractivity contribution in [1.29, 1.82) is 0 Å². The monoisotopic (exact) mass is 919 g/mol. The van der Waals surface area contributed by atoms with Crippen LogP contribution in [0.5, 0.6) is 0 Å². The van der Waals surface area contributed by atoms with E-state index in [1.165, 1.54) is 103 Å². The zero-order valence-electron chi connectivity index (χ0n) is 43.2. The fraction of sp³-hybridized carbons (Fsp3) is 0.717. The maximum absolute atomic E-state index is 12.7. The van der Waals surface area contributed by atoms with Gasteiger partial charge >= 0.3 is 17.9 Å². The van der Waals surface area contributed by atoms with E-state index in [9.17, 15) is 14.4 Å². The van der Waals surface area contributed by atoms with Crippen LogP contribution >= 0.6 is 0 Å². The van der Waals surface area contributed by atoms with Crippen LogP contribution in [0.3, 0.4) is 0 Å². The number of allylic oxidation sites excluding steroid dienone is 14. The predicted molar refractivity (Wildman–Crippen MR) is 284 cm³/mol. The van der Waals surface area contributed by atoms with Crippen molar-refractivity contribution in [3.63, 3.8) is 0 Å². The van der Waals surface area contributed by atoms with Crippen molar-refractivity contribution in [1.82, 2.24) is 0 Å². The minimum absolute atomic E-state index is 0.0784. The number of carbonyl (C=O) groups excluding carboxylic acids is 3. The molecule has 0 aliphatic rings. The van der Waals surface area contributed by atoms with Crippen LogP contribution in [0, 0.1) is 0 Å². The molecule has 0 aliphatic heterocycles. The topological polar surface area (TPSA) is 78.9 Å². The van der Waals surface area contributed by atoms with Crippen LogP contribution in [0.15, 0.2) is 85.1 Å². The van der Waals surface area contributed by atoms with Gasteiger partial charge in [0, 0.05) is 19.3 Å². The Hall–Kier alpha value is -3.41. The maximum Gasteiger partial charge on any atom is 0.306 e. The third kappa shape index (κ3) is 51.6. The molecule has 0 aliphatic carbocycles. The SMILES string of the molecule is CC/C=C\C/C=C\C/C=C\C/C=C\C/C=C\C/C=C\CCCCCCCCCCCCCCC(=O)OCC(COC(=O)CCCCCCCCC)OC(=O)CCCCCCC/C=C\CCC. The molecule has 6 nitrogen and oxygen atoms in total. The van der Waals surface area contributed by atoms with Gasteiger partial charge in [0.25, 0.3) is 0 Å². The van der Waals surface area contributed by atoms with E-state index in [1.807, 2.05) is 0 Å².